The maximum atomic E-state index is 12.4. The molecule has 3 fully saturated rings. The number of likely N-dealkylation sites (tertiary alicyclic amines) is 1. The average Bonchev–Trinajstić information content (AvgIpc) is 3.17. The second-order valence-electron chi connectivity index (χ2n) is 7.91. The van der Waals surface area contributed by atoms with Crippen molar-refractivity contribution < 1.29 is 19.5 Å². The van der Waals surface area contributed by atoms with Gasteiger partial charge in [0.25, 0.3) is 0 Å². The SMILES string of the molecule is CN(CC(=O)N1CCCC(C(=O)O)C1)C(=O)CC1CC2CCC1C2. The average molecular weight is 336 g/mol. The molecule has 3 aliphatic rings. The fourth-order valence-electron chi connectivity index (χ4n) is 4.80. The summed E-state index contributed by atoms with van der Waals surface area (Å²) in [6.45, 7) is 0.922. The summed E-state index contributed by atoms with van der Waals surface area (Å²) in [5.74, 6) is 0.631. The van der Waals surface area contributed by atoms with Crippen LogP contribution in [0.3, 0.4) is 0 Å². The van der Waals surface area contributed by atoms with E-state index < -0.39 is 11.9 Å². The lowest BCUT2D eigenvalue weighted by atomic mass is 9.86. The minimum atomic E-state index is -0.840. The van der Waals surface area contributed by atoms with E-state index >= 15 is 0 Å². The molecule has 134 valence electrons. The fourth-order valence-corrected chi connectivity index (χ4v) is 4.80. The van der Waals surface area contributed by atoms with E-state index in [1.807, 2.05) is 0 Å². The van der Waals surface area contributed by atoms with E-state index in [4.69, 9.17) is 5.11 Å². The Labute approximate surface area is 143 Å². The number of carbonyl (C=O) groups is 3. The molecule has 3 rings (SSSR count). The summed E-state index contributed by atoms with van der Waals surface area (Å²) >= 11 is 0. The van der Waals surface area contributed by atoms with Crippen molar-refractivity contribution in [3.8, 4) is 0 Å². The Balaban J connectivity index is 1.46. The largest absolute Gasteiger partial charge is 0.481 e. The van der Waals surface area contributed by atoms with Crippen molar-refractivity contribution in [2.75, 3.05) is 26.7 Å². The van der Waals surface area contributed by atoms with Crippen molar-refractivity contribution in [2.45, 2.75) is 44.9 Å². The molecule has 1 N–H and O–H groups in total. The molecule has 1 aliphatic heterocycles. The van der Waals surface area contributed by atoms with Crippen LogP contribution in [-0.4, -0.2) is 59.4 Å². The molecule has 0 spiro atoms. The number of piperidine rings is 1. The lowest BCUT2D eigenvalue weighted by Crippen LogP contribution is -2.47. The lowest BCUT2D eigenvalue weighted by molar-refractivity contribution is -0.147. The molecule has 2 amide bonds. The number of aliphatic carboxylic acids is 1. The molecule has 0 aromatic rings. The van der Waals surface area contributed by atoms with Gasteiger partial charge in [0.05, 0.1) is 12.5 Å². The molecular weight excluding hydrogens is 308 g/mol. The van der Waals surface area contributed by atoms with Crippen LogP contribution in [0.15, 0.2) is 0 Å². The van der Waals surface area contributed by atoms with Crippen LogP contribution in [0.2, 0.25) is 0 Å². The second kappa shape index (κ2) is 7.11. The number of carboxylic acids is 1. The molecule has 2 bridgehead atoms. The van der Waals surface area contributed by atoms with Gasteiger partial charge in [0, 0.05) is 26.6 Å². The number of amides is 2. The maximum Gasteiger partial charge on any atom is 0.308 e. The van der Waals surface area contributed by atoms with E-state index in [9.17, 15) is 14.4 Å². The Bertz CT molecular complexity index is 521. The van der Waals surface area contributed by atoms with Gasteiger partial charge in [-0.25, -0.2) is 0 Å². The lowest BCUT2D eigenvalue weighted by Gasteiger charge is -2.32. The standard InChI is InChI=1S/C18H28N2O4/c1-19(16(21)9-15-8-12-4-5-13(15)7-12)11-17(22)20-6-2-3-14(10-20)18(23)24/h12-15H,2-11H2,1H3,(H,23,24). The molecule has 2 aliphatic carbocycles. The van der Waals surface area contributed by atoms with Crippen LogP contribution in [0, 0.1) is 23.7 Å². The van der Waals surface area contributed by atoms with Gasteiger partial charge in [-0.3, -0.25) is 14.4 Å². The first-order valence-corrected chi connectivity index (χ1v) is 9.18. The Morgan fingerprint density at radius 3 is 2.58 bits per heavy atom. The first-order valence-electron chi connectivity index (χ1n) is 9.18. The van der Waals surface area contributed by atoms with Gasteiger partial charge >= 0.3 is 5.97 Å². The normalized spacial score (nSPS) is 32.0. The molecule has 2 saturated carbocycles. The number of nitrogens with zero attached hydrogens (tertiary/aromatic N) is 2. The molecule has 0 radical (unpaired) electrons. The zero-order valence-electron chi connectivity index (χ0n) is 14.4. The second-order valence-corrected chi connectivity index (χ2v) is 7.91. The van der Waals surface area contributed by atoms with Gasteiger partial charge in [-0.1, -0.05) is 6.42 Å². The smallest absolute Gasteiger partial charge is 0.308 e. The number of carbonyl (C=O) groups excluding carboxylic acids is 2. The molecule has 4 unspecified atom stereocenters. The van der Waals surface area contributed by atoms with Crippen LogP contribution >= 0.6 is 0 Å². The summed E-state index contributed by atoms with van der Waals surface area (Å²) in [4.78, 5) is 39.0. The zero-order chi connectivity index (χ0) is 17.3. The first-order chi connectivity index (χ1) is 11.4. The summed E-state index contributed by atoms with van der Waals surface area (Å²) in [5, 5.41) is 9.12. The third kappa shape index (κ3) is 3.73. The number of fused-ring (bicyclic) bond motifs is 2. The summed E-state index contributed by atoms with van der Waals surface area (Å²) in [5.41, 5.74) is 0. The highest BCUT2D eigenvalue weighted by molar-refractivity contribution is 5.85. The predicted molar refractivity (Wildman–Crippen MR) is 88.1 cm³/mol. The number of hydrogen-bond acceptors (Lipinski definition) is 3. The van der Waals surface area contributed by atoms with E-state index in [0.717, 1.165) is 5.92 Å². The van der Waals surface area contributed by atoms with Crippen molar-refractivity contribution in [3.05, 3.63) is 0 Å². The molecule has 0 aromatic carbocycles. The fraction of sp³-hybridized carbons (Fsp3) is 0.833. The summed E-state index contributed by atoms with van der Waals surface area (Å²) in [6.07, 6.45) is 6.93. The first kappa shape index (κ1) is 17.2. The summed E-state index contributed by atoms with van der Waals surface area (Å²) in [6, 6.07) is 0. The minimum absolute atomic E-state index is 0.0488. The van der Waals surface area contributed by atoms with Crippen LogP contribution in [0.1, 0.15) is 44.9 Å². The highest BCUT2D eigenvalue weighted by atomic mass is 16.4. The third-order valence-electron chi connectivity index (χ3n) is 6.24. The molecule has 1 saturated heterocycles. The van der Waals surface area contributed by atoms with Gasteiger partial charge in [0.15, 0.2) is 0 Å². The third-order valence-corrected chi connectivity index (χ3v) is 6.24. The quantitative estimate of drug-likeness (QED) is 0.827. The summed E-state index contributed by atoms with van der Waals surface area (Å²) < 4.78 is 0. The number of likely N-dealkylation sites (N-methyl/N-ethyl adjacent to an activating group) is 1. The van der Waals surface area contributed by atoms with Crippen LogP contribution in [0.4, 0.5) is 0 Å². The Morgan fingerprint density at radius 2 is 1.96 bits per heavy atom. The molecule has 6 nitrogen and oxygen atoms in total. The number of rotatable bonds is 5. The molecule has 0 aromatic heterocycles. The van der Waals surface area contributed by atoms with Crippen molar-refractivity contribution >= 4 is 17.8 Å². The highest BCUT2D eigenvalue weighted by Gasteiger charge is 2.40. The van der Waals surface area contributed by atoms with Gasteiger partial charge in [-0.15, -0.1) is 0 Å². The number of hydrogen-bond donors (Lipinski definition) is 1. The van der Waals surface area contributed by atoms with E-state index in [1.165, 1.54) is 30.6 Å². The zero-order valence-corrected chi connectivity index (χ0v) is 14.4. The predicted octanol–water partition coefficient (Wildman–Crippen LogP) is 1.59. The Kier molecular flexibility index (Phi) is 5.11. The van der Waals surface area contributed by atoms with Gasteiger partial charge in [-0.2, -0.15) is 0 Å². The monoisotopic (exact) mass is 336 g/mol. The van der Waals surface area contributed by atoms with Crippen LogP contribution < -0.4 is 0 Å². The molecule has 1 heterocycles. The van der Waals surface area contributed by atoms with Crippen molar-refractivity contribution in [1.29, 1.82) is 0 Å². The minimum Gasteiger partial charge on any atom is -0.481 e. The van der Waals surface area contributed by atoms with E-state index in [0.29, 0.717) is 37.6 Å². The van der Waals surface area contributed by atoms with Crippen LogP contribution in [0.25, 0.3) is 0 Å². The maximum absolute atomic E-state index is 12.4. The van der Waals surface area contributed by atoms with Crippen molar-refractivity contribution in [1.82, 2.24) is 9.80 Å². The van der Waals surface area contributed by atoms with Crippen molar-refractivity contribution in [2.24, 2.45) is 23.7 Å². The van der Waals surface area contributed by atoms with Crippen molar-refractivity contribution in [3.63, 3.8) is 0 Å². The molecule has 6 heteroatoms. The molecular formula is C18H28N2O4. The van der Waals surface area contributed by atoms with Gasteiger partial charge in [-0.05, 0) is 49.9 Å². The van der Waals surface area contributed by atoms with Gasteiger partial charge in [0.2, 0.25) is 11.8 Å². The molecule has 4 atom stereocenters. The Morgan fingerprint density at radius 1 is 1.17 bits per heavy atom. The van der Waals surface area contributed by atoms with Crippen LogP contribution in [0.5, 0.6) is 0 Å². The Hall–Kier alpha value is -1.59. The highest BCUT2D eigenvalue weighted by Crippen LogP contribution is 2.49. The van der Waals surface area contributed by atoms with Gasteiger partial charge in [0.1, 0.15) is 0 Å². The van der Waals surface area contributed by atoms with E-state index in [2.05, 4.69) is 0 Å². The van der Waals surface area contributed by atoms with Crippen LogP contribution in [-0.2, 0) is 14.4 Å². The topological polar surface area (TPSA) is 77.9 Å². The molecule has 24 heavy (non-hydrogen) atoms. The van der Waals surface area contributed by atoms with E-state index in [-0.39, 0.29) is 24.9 Å². The van der Waals surface area contributed by atoms with E-state index in [1.54, 1.807) is 11.9 Å². The number of carboxylic acid groups (broad SMARTS) is 1. The van der Waals surface area contributed by atoms with Gasteiger partial charge < -0.3 is 14.9 Å². The summed E-state index contributed by atoms with van der Waals surface area (Å²) in [7, 11) is 1.69.